The highest BCUT2D eigenvalue weighted by Gasteiger charge is 2.59. The van der Waals surface area contributed by atoms with E-state index in [1.807, 2.05) is 0 Å². The van der Waals surface area contributed by atoms with Crippen molar-refractivity contribution in [1.29, 1.82) is 0 Å². The van der Waals surface area contributed by atoms with Gasteiger partial charge in [0.05, 0.1) is 21.9 Å². The number of rotatable bonds is 1. The van der Waals surface area contributed by atoms with Crippen molar-refractivity contribution in [2.45, 2.75) is 10.8 Å². The summed E-state index contributed by atoms with van der Waals surface area (Å²) in [4.78, 5) is 0. The Kier molecular flexibility index (Phi) is 5.56. The van der Waals surface area contributed by atoms with Gasteiger partial charge in [0.1, 0.15) is 0 Å². The van der Waals surface area contributed by atoms with Crippen molar-refractivity contribution in [1.82, 2.24) is 4.57 Å². The lowest BCUT2D eigenvalue weighted by molar-refractivity contribution is 0.633. The van der Waals surface area contributed by atoms with Crippen LogP contribution in [0.3, 0.4) is 0 Å². The first-order valence-electron chi connectivity index (χ1n) is 19.4. The molecule has 0 unspecified atom stereocenters. The Morgan fingerprint density at radius 2 is 0.782 bits per heavy atom. The molecule has 0 bridgehead atoms. The molecular formula is C54H33N. The maximum atomic E-state index is 2.54. The number of hydrogen-bond donors (Lipinski definition) is 0. The zero-order valence-corrected chi connectivity index (χ0v) is 30.0. The Bertz CT molecular complexity index is 3190. The highest BCUT2D eigenvalue weighted by molar-refractivity contribution is 6.16. The summed E-state index contributed by atoms with van der Waals surface area (Å²) in [5, 5.41) is 5.05. The normalized spacial score (nSPS) is 14.8. The van der Waals surface area contributed by atoms with E-state index in [1.165, 1.54) is 105 Å². The van der Waals surface area contributed by atoms with Gasteiger partial charge in [0.2, 0.25) is 0 Å². The number of aromatic nitrogens is 1. The second-order valence-electron chi connectivity index (χ2n) is 15.5. The standard InChI is InChI=1S/C54H33N/c1-2-16-35-33-36(30-29-34(35)15-1)55-50-28-14-6-19-39(50)40-31-32-49-51(52(40)55)41-20-5-9-23-44(41)54(49)47-26-12-10-24-45(47)53(46-25-11-13-27-48(46)54)42-21-7-3-17-37(42)38-18-4-8-22-43(38)53/h1-33H. The van der Waals surface area contributed by atoms with Gasteiger partial charge in [-0.15, -0.1) is 0 Å². The fourth-order valence-corrected chi connectivity index (χ4v) is 11.4. The van der Waals surface area contributed by atoms with Crippen molar-refractivity contribution in [3.63, 3.8) is 0 Å². The molecule has 1 aromatic heterocycles. The molecule has 0 saturated heterocycles. The predicted molar refractivity (Wildman–Crippen MR) is 226 cm³/mol. The third-order valence-corrected chi connectivity index (χ3v) is 13.3. The number of para-hydroxylation sites is 1. The lowest BCUT2D eigenvalue weighted by Crippen LogP contribution is -2.43. The van der Waals surface area contributed by atoms with Crippen LogP contribution < -0.4 is 0 Å². The summed E-state index contributed by atoms with van der Waals surface area (Å²) in [7, 11) is 0. The monoisotopic (exact) mass is 695 g/mol. The van der Waals surface area contributed by atoms with Crippen LogP contribution in [0.15, 0.2) is 200 Å². The van der Waals surface area contributed by atoms with Crippen molar-refractivity contribution < 1.29 is 0 Å². The first-order chi connectivity index (χ1) is 27.3. The molecule has 1 heterocycles. The third kappa shape index (κ3) is 3.38. The van der Waals surface area contributed by atoms with Gasteiger partial charge < -0.3 is 4.57 Å². The zero-order chi connectivity index (χ0) is 35.9. The molecule has 13 rings (SSSR count). The van der Waals surface area contributed by atoms with Crippen LogP contribution in [0.1, 0.15) is 44.5 Å². The molecule has 0 saturated carbocycles. The maximum Gasteiger partial charge on any atom is 0.0720 e. The number of hydrogen-bond acceptors (Lipinski definition) is 0. The molecule has 1 nitrogen and oxygen atoms in total. The molecule has 0 atom stereocenters. The molecule has 10 aromatic rings. The first kappa shape index (κ1) is 29.5. The van der Waals surface area contributed by atoms with Crippen LogP contribution in [0.25, 0.3) is 60.5 Å². The first-order valence-corrected chi connectivity index (χ1v) is 19.4. The Balaban J connectivity index is 1.22. The van der Waals surface area contributed by atoms with E-state index in [1.54, 1.807) is 0 Å². The molecule has 3 aliphatic rings. The fraction of sp³-hybridized carbons (Fsp3) is 0.0370. The van der Waals surface area contributed by atoms with Gasteiger partial charge in [0, 0.05) is 22.0 Å². The quantitative estimate of drug-likeness (QED) is 0.161. The molecule has 3 aliphatic carbocycles. The minimum atomic E-state index is -0.532. The van der Waals surface area contributed by atoms with Gasteiger partial charge in [0.15, 0.2) is 0 Å². The second-order valence-corrected chi connectivity index (χ2v) is 15.5. The lowest BCUT2D eigenvalue weighted by Gasteiger charge is -2.48. The van der Waals surface area contributed by atoms with E-state index in [2.05, 4.69) is 205 Å². The number of nitrogens with zero attached hydrogens (tertiary/aromatic N) is 1. The predicted octanol–water partition coefficient (Wildman–Crippen LogP) is 13.0. The van der Waals surface area contributed by atoms with Crippen LogP contribution >= 0.6 is 0 Å². The highest BCUT2D eigenvalue weighted by atomic mass is 15.0. The van der Waals surface area contributed by atoms with E-state index >= 15 is 0 Å². The van der Waals surface area contributed by atoms with Gasteiger partial charge in [0.25, 0.3) is 0 Å². The average Bonchev–Trinajstić information content (AvgIpc) is 3.86. The van der Waals surface area contributed by atoms with Crippen LogP contribution in [-0.2, 0) is 10.8 Å². The van der Waals surface area contributed by atoms with E-state index in [0.29, 0.717) is 0 Å². The largest absolute Gasteiger partial charge is 0.309 e. The Labute approximate surface area is 319 Å². The molecule has 55 heavy (non-hydrogen) atoms. The van der Waals surface area contributed by atoms with Gasteiger partial charge in [-0.3, -0.25) is 0 Å². The summed E-state index contributed by atoms with van der Waals surface area (Å²) in [5.41, 5.74) is 18.9. The molecular weight excluding hydrogens is 663 g/mol. The van der Waals surface area contributed by atoms with E-state index < -0.39 is 10.8 Å². The molecule has 0 N–H and O–H groups in total. The molecule has 1 heteroatoms. The summed E-state index contributed by atoms with van der Waals surface area (Å²) in [6.07, 6.45) is 0. The Morgan fingerprint density at radius 1 is 0.309 bits per heavy atom. The summed E-state index contributed by atoms with van der Waals surface area (Å²) in [6, 6.07) is 75.7. The summed E-state index contributed by atoms with van der Waals surface area (Å²) < 4.78 is 2.54. The van der Waals surface area contributed by atoms with Crippen LogP contribution in [0.4, 0.5) is 0 Å². The maximum absolute atomic E-state index is 2.54. The van der Waals surface area contributed by atoms with Crippen LogP contribution in [-0.4, -0.2) is 4.57 Å². The van der Waals surface area contributed by atoms with E-state index in [-0.39, 0.29) is 0 Å². The summed E-state index contributed by atoms with van der Waals surface area (Å²) >= 11 is 0. The second kappa shape index (κ2) is 10.4. The smallest absolute Gasteiger partial charge is 0.0720 e. The molecule has 0 amide bonds. The Morgan fingerprint density at radius 3 is 1.42 bits per heavy atom. The van der Waals surface area contributed by atoms with E-state index in [4.69, 9.17) is 0 Å². The molecule has 0 aliphatic heterocycles. The average molecular weight is 696 g/mol. The number of fused-ring (bicyclic) bond motifs is 21. The highest BCUT2D eigenvalue weighted by Crippen LogP contribution is 2.68. The molecule has 0 fully saturated rings. The van der Waals surface area contributed by atoms with Crippen molar-refractivity contribution in [3.8, 4) is 27.9 Å². The van der Waals surface area contributed by atoms with E-state index in [0.717, 1.165) is 0 Å². The Hall–Kier alpha value is -6.96. The SMILES string of the molecule is c1ccc2c(c1)-c1ccccc1C21c2ccccc2C2(c3ccccc3-c3c2ccc2c4ccccc4n(-c4ccc5ccccc5c4)c32)c2ccccc21. The lowest BCUT2D eigenvalue weighted by atomic mass is 9.52. The van der Waals surface area contributed by atoms with Gasteiger partial charge in [-0.25, -0.2) is 0 Å². The van der Waals surface area contributed by atoms with Gasteiger partial charge in [-0.1, -0.05) is 182 Å². The third-order valence-electron chi connectivity index (χ3n) is 13.3. The minimum absolute atomic E-state index is 0.451. The van der Waals surface area contributed by atoms with Crippen molar-refractivity contribution in [3.05, 3.63) is 245 Å². The van der Waals surface area contributed by atoms with Crippen molar-refractivity contribution in [2.24, 2.45) is 0 Å². The molecule has 254 valence electrons. The fourth-order valence-electron chi connectivity index (χ4n) is 11.4. The van der Waals surface area contributed by atoms with Gasteiger partial charge >= 0.3 is 0 Å². The number of benzene rings is 9. The van der Waals surface area contributed by atoms with Crippen LogP contribution in [0.2, 0.25) is 0 Å². The zero-order valence-electron chi connectivity index (χ0n) is 30.0. The van der Waals surface area contributed by atoms with Crippen molar-refractivity contribution in [2.75, 3.05) is 0 Å². The van der Waals surface area contributed by atoms with Crippen LogP contribution in [0.5, 0.6) is 0 Å². The summed E-state index contributed by atoms with van der Waals surface area (Å²) in [5.74, 6) is 0. The molecule has 2 spiro atoms. The topological polar surface area (TPSA) is 4.93 Å². The van der Waals surface area contributed by atoms with Crippen molar-refractivity contribution >= 4 is 32.6 Å². The van der Waals surface area contributed by atoms with Gasteiger partial charge in [-0.05, 0) is 90.2 Å². The van der Waals surface area contributed by atoms with Crippen LogP contribution in [0, 0.1) is 0 Å². The summed E-state index contributed by atoms with van der Waals surface area (Å²) in [6.45, 7) is 0. The van der Waals surface area contributed by atoms with Gasteiger partial charge in [-0.2, -0.15) is 0 Å². The minimum Gasteiger partial charge on any atom is -0.309 e. The molecule has 0 radical (unpaired) electrons. The van der Waals surface area contributed by atoms with E-state index in [9.17, 15) is 0 Å². The molecule has 9 aromatic carbocycles.